The Labute approximate surface area is 157 Å². The van der Waals surface area contributed by atoms with E-state index < -0.39 is 23.6 Å². The number of halogens is 4. The van der Waals surface area contributed by atoms with Gasteiger partial charge in [0, 0.05) is 17.8 Å². The maximum absolute atomic E-state index is 13.3. The summed E-state index contributed by atoms with van der Waals surface area (Å²) in [6.07, 6.45) is -1.73. The zero-order valence-corrected chi connectivity index (χ0v) is 14.6. The van der Waals surface area contributed by atoms with E-state index in [0.29, 0.717) is 22.6 Å². The second-order valence-corrected chi connectivity index (χ2v) is 6.66. The fraction of sp³-hybridized carbons (Fsp3) is 0.263. The van der Waals surface area contributed by atoms with Crippen LogP contribution in [0.4, 0.5) is 22.4 Å². The van der Waals surface area contributed by atoms with Gasteiger partial charge in [0.05, 0.1) is 23.5 Å². The second kappa shape index (κ2) is 6.81. The molecule has 2 aromatic heterocycles. The highest BCUT2D eigenvalue weighted by atomic mass is 19.4. The Morgan fingerprint density at radius 3 is 2.50 bits per heavy atom. The van der Waals surface area contributed by atoms with Gasteiger partial charge in [0.1, 0.15) is 11.5 Å². The molecule has 2 heterocycles. The maximum atomic E-state index is 13.3. The zero-order valence-electron chi connectivity index (χ0n) is 14.6. The van der Waals surface area contributed by atoms with E-state index in [-0.39, 0.29) is 12.6 Å². The van der Waals surface area contributed by atoms with Crippen molar-refractivity contribution in [3.8, 4) is 11.3 Å². The molecule has 1 fully saturated rings. The summed E-state index contributed by atoms with van der Waals surface area (Å²) in [6, 6.07) is 7.46. The standard InChI is InChI=1S/C19H16F4N4O/c20-13-4-1-11(2-5-13)17-15(9-24-18(28)25-14-6-7-14)27-10-12(19(21,22)23)3-8-16(27)26-17/h1-5,8,10,14H,6-7,9H2,(H2,24,25,28). The number of aromatic nitrogens is 2. The van der Waals surface area contributed by atoms with Crippen molar-refractivity contribution in [3.63, 3.8) is 0 Å². The van der Waals surface area contributed by atoms with E-state index >= 15 is 0 Å². The van der Waals surface area contributed by atoms with Crippen molar-refractivity contribution < 1.29 is 22.4 Å². The molecule has 28 heavy (non-hydrogen) atoms. The highest BCUT2D eigenvalue weighted by molar-refractivity contribution is 5.75. The van der Waals surface area contributed by atoms with Gasteiger partial charge in [-0.15, -0.1) is 0 Å². The van der Waals surface area contributed by atoms with Crippen LogP contribution in [0, 0.1) is 5.82 Å². The van der Waals surface area contributed by atoms with Gasteiger partial charge in [-0.25, -0.2) is 14.2 Å². The van der Waals surface area contributed by atoms with Gasteiger partial charge in [-0.05, 0) is 49.2 Å². The first-order chi connectivity index (χ1) is 13.3. The first-order valence-corrected chi connectivity index (χ1v) is 8.70. The summed E-state index contributed by atoms with van der Waals surface area (Å²) in [5.41, 5.74) is 0.765. The monoisotopic (exact) mass is 392 g/mol. The number of imidazole rings is 1. The van der Waals surface area contributed by atoms with Gasteiger partial charge in [0.15, 0.2) is 0 Å². The lowest BCUT2D eigenvalue weighted by Crippen LogP contribution is -2.36. The largest absolute Gasteiger partial charge is 0.417 e. The number of nitrogens with zero attached hydrogens (tertiary/aromatic N) is 2. The van der Waals surface area contributed by atoms with Gasteiger partial charge < -0.3 is 15.0 Å². The molecule has 0 unspecified atom stereocenters. The lowest BCUT2D eigenvalue weighted by molar-refractivity contribution is -0.137. The number of rotatable bonds is 4. The van der Waals surface area contributed by atoms with Gasteiger partial charge in [0.2, 0.25) is 0 Å². The molecule has 0 aliphatic heterocycles. The average molecular weight is 392 g/mol. The lowest BCUT2D eigenvalue weighted by Gasteiger charge is -2.11. The van der Waals surface area contributed by atoms with Crippen molar-refractivity contribution in [1.82, 2.24) is 20.0 Å². The molecule has 9 heteroatoms. The minimum absolute atomic E-state index is 0.0340. The summed E-state index contributed by atoms with van der Waals surface area (Å²) in [7, 11) is 0. The number of benzene rings is 1. The Balaban J connectivity index is 1.75. The minimum atomic E-state index is -4.51. The molecule has 4 rings (SSSR count). The SMILES string of the molecule is O=C(NCc1c(-c2ccc(F)cc2)nc2ccc(C(F)(F)F)cn12)NC1CC1. The Morgan fingerprint density at radius 1 is 1.14 bits per heavy atom. The van der Waals surface area contributed by atoms with E-state index in [0.717, 1.165) is 25.1 Å². The predicted molar refractivity (Wildman–Crippen MR) is 94.0 cm³/mol. The van der Waals surface area contributed by atoms with Gasteiger partial charge in [-0.2, -0.15) is 13.2 Å². The third kappa shape index (κ3) is 3.78. The van der Waals surface area contributed by atoms with Crippen molar-refractivity contribution in [2.75, 3.05) is 0 Å². The van der Waals surface area contributed by atoms with Crippen LogP contribution in [0.2, 0.25) is 0 Å². The lowest BCUT2D eigenvalue weighted by atomic mass is 10.1. The van der Waals surface area contributed by atoms with Crippen molar-refractivity contribution in [2.45, 2.75) is 31.6 Å². The van der Waals surface area contributed by atoms with E-state index in [1.165, 1.54) is 34.7 Å². The van der Waals surface area contributed by atoms with E-state index in [2.05, 4.69) is 15.6 Å². The van der Waals surface area contributed by atoms with Gasteiger partial charge in [0.25, 0.3) is 0 Å². The third-order valence-electron chi connectivity index (χ3n) is 4.49. The molecule has 3 aromatic rings. The summed E-state index contributed by atoms with van der Waals surface area (Å²) >= 11 is 0. The number of carbonyl (C=O) groups is 1. The number of carbonyl (C=O) groups excluding carboxylic acids is 1. The number of hydrogen-bond donors (Lipinski definition) is 2. The quantitative estimate of drug-likeness (QED) is 0.657. The van der Waals surface area contributed by atoms with Crippen LogP contribution in [0.15, 0.2) is 42.6 Å². The highest BCUT2D eigenvalue weighted by Gasteiger charge is 2.31. The van der Waals surface area contributed by atoms with Crippen molar-refractivity contribution >= 4 is 11.7 Å². The van der Waals surface area contributed by atoms with Crippen LogP contribution in [0.1, 0.15) is 24.1 Å². The second-order valence-electron chi connectivity index (χ2n) is 6.66. The van der Waals surface area contributed by atoms with Crippen LogP contribution >= 0.6 is 0 Å². The number of hydrogen-bond acceptors (Lipinski definition) is 2. The summed E-state index contributed by atoms with van der Waals surface area (Å²) in [6.45, 7) is -0.0340. The topological polar surface area (TPSA) is 58.4 Å². The molecule has 146 valence electrons. The predicted octanol–water partition coefficient (Wildman–Crippen LogP) is 4.12. The number of amides is 2. The van der Waals surface area contributed by atoms with Crippen molar-refractivity contribution in [2.24, 2.45) is 0 Å². The highest BCUT2D eigenvalue weighted by Crippen LogP contribution is 2.31. The Morgan fingerprint density at radius 2 is 1.86 bits per heavy atom. The molecule has 2 N–H and O–H groups in total. The number of pyridine rings is 1. The van der Waals surface area contributed by atoms with E-state index in [1.807, 2.05) is 0 Å². The summed E-state index contributed by atoms with van der Waals surface area (Å²) in [5, 5.41) is 5.42. The molecular formula is C19H16F4N4O. The smallest absolute Gasteiger partial charge is 0.335 e. The molecular weight excluding hydrogens is 376 g/mol. The molecule has 0 saturated heterocycles. The molecule has 1 aliphatic carbocycles. The van der Waals surface area contributed by atoms with E-state index in [1.54, 1.807) is 0 Å². The molecule has 0 bridgehead atoms. The molecule has 1 saturated carbocycles. The molecule has 5 nitrogen and oxygen atoms in total. The normalized spacial score (nSPS) is 14.3. The maximum Gasteiger partial charge on any atom is 0.417 e. The molecule has 0 atom stereocenters. The van der Waals surface area contributed by atoms with Crippen molar-refractivity contribution in [1.29, 1.82) is 0 Å². The fourth-order valence-electron chi connectivity index (χ4n) is 2.90. The van der Waals surface area contributed by atoms with Gasteiger partial charge in [-0.1, -0.05) is 0 Å². The average Bonchev–Trinajstić information content (AvgIpc) is 3.38. The van der Waals surface area contributed by atoms with Gasteiger partial charge in [-0.3, -0.25) is 0 Å². The Bertz CT molecular complexity index is 1020. The van der Waals surface area contributed by atoms with Crippen LogP contribution in [-0.4, -0.2) is 21.5 Å². The Kier molecular flexibility index (Phi) is 4.44. The first-order valence-electron chi connectivity index (χ1n) is 8.70. The van der Waals surface area contributed by atoms with E-state index in [4.69, 9.17) is 0 Å². The molecule has 0 spiro atoms. The van der Waals surface area contributed by atoms with E-state index in [9.17, 15) is 22.4 Å². The molecule has 1 aliphatic rings. The van der Waals surface area contributed by atoms with Crippen LogP contribution < -0.4 is 10.6 Å². The Hall–Kier alpha value is -3.10. The number of alkyl halides is 3. The van der Waals surface area contributed by atoms with Crippen molar-refractivity contribution in [3.05, 3.63) is 59.7 Å². The number of fused-ring (bicyclic) bond motifs is 1. The minimum Gasteiger partial charge on any atom is -0.335 e. The van der Waals surface area contributed by atoms with Gasteiger partial charge >= 0.3 is 12.2 Å². The zero-order chi connectivity index (χ0) is 19.9. The molecule has 2 amide bonds. The third-order valence-corrected chi connectivity index (χ3v) is 4.49. The van der Waals surface area contributed by atoms with Crippen LogP contribution in [0.25, 0.3) is 16.9 Å². The van der Waals surface area contributed by atoms with Crippen LogP contribution in [0.3, 0.4) is 0 Å². The molecule has 1 aromatic carbocycles. The first kappa shape index (κ1) is 18.3. The summed E-state index contributed by atoms with van der Waals surface area (Å²) in [4.78, 5) is 16.4. The van der Waals surface area contributed by atoms with Crippen LogP contribution in [-0.2, 0) is 12.7 Å². The fourth-order valence-corrected chi connectivity index (χ4v) is 2.90. The molecule has 0 radical (unpaired) electrons. The summed E-state index contributed by atoms with van der Waals surface area (Å²) < 4.78 is 54.0. The number of nitrogens with one attached hydrogen (secondary N) is 2. The van der Waals surface area contributed by atoms with Crippen LogP contribution in [0.5, 0.6) is 0 Å². The number of urea groups is 1. The summed E-state index contributed by atoms with van der Waals surface area (Å²) in [5.74, 6) is -0.435.